The lowest BCUT2D eigenvalue weighted by molar-refractivity contribution is -0.107. The highest BCUT2D eigenvalue weighted by Crippen LogP contribution is 2.63. The van der Waals surface area contributed by atoms with E-state index in [0.29, 0.717) is 12.0 Å². The first kappa shape index (κ1) is 15.6. The number of aliphatic hydroxyl groups excluding tert-OH is 2. The molecule has 0 amide bonds. The maximum atomic E-state index is 10.5. The van der Waals surface area contributed by atoms with E-state index in [1.807, 2.05) is 26.0 Å². The first-order chi connectivity index (χ1) is 11.1. The van der Waals surface area contributed by atoms with Crippen molar-refractivity contribution in [1.82, 2.24) is 4.90 Å². The summed E-state index contributed by atoms with van der Waals surface area (Å²) in [5, 5.41) is 20.8. The van der Waals surface area contributed by atoms with Crippen LogP contribution in [0.4, 0.5) is 0 Å². The molecular formula is C19H27NO3. The topological polar surface area (TPSA) is 52.9 Å². The molecule has 126 valence electrons. The zero-order chi connectivity index (χ0) is 16.4. The smallest absolute Gasteiger partial charge is 0.110 e. The second-order valence-electron chi connectivity index (χ2n) is 7.21. The molecule has 1 spiro atoms. The fraction of sp³-hybridized carbons (Fsp3) is 0.684. The maximum Gasteiger partial charge on any atom is 0.110 e. The van der Waals surface area contributed by atoms with E-state index >= 15 is 0 Å². The first-order valence-corrected chi connectivity index (χ1v) is 8.95. The van der Waals surface area contributed by atoms with Gasteiger partial charge in [-0.1, -0.05) is 38.2 Å². The van der Waals surface area contributed by atoms with Crippen molar-refractivity contribution in [3.05, 3.63) is 35.5 Å². The minimum absolute atomic E-state index is 0.102. The Kier molecular flexibility index (Phi) is 3.58. The maximum absolute atomic E-state index is 10.5. The summed E-state index contributed by atoms with van der Waals surface area (Å²) in [6.45, 7) is 5.03. The first-order valence-electron chi connectivity index (χ1n) is 8.95. The Morgan fingerprint density at radius 1 is 1.17 bits per heavy atom. The number of aliphatic hydroxyl groups is 2. The van der Waals surface area contributed by atoms with Crippen LogP contribution in [0.1, 0.15) is 26.7 Å². The van der Waals surface area contributed by atoms with E-state index in [0.717, 1.165) is 19.4 Å². The summed E-state index contributed by atoms with van der Waals surface area (Å²) in [4.78, 5) is 2.45. The van der Waals surface area contributed by atoms with Gasteiger partial charge in [0.1, 0.15) is 12.2 Å². The molecule has 5 rings (SSSR count). The number of hydrogen-bond acceptors (Lipinski definition) is 4. The molecule has 2 heterocycles. The van der Waals surface area contributed by atoms with Crippen molar-refractivity contribution in [2.24, 2.45) is 11.3 Å². The van der Waals surface area contributed by atoms with Gasteiger partial charge >= 0.3 is 0 Å². The Balaban J connectivity index is 0.000000652. The van der Waals surface area contributed by atoms with Gasteiger partial charge in [-0.3, -0.25) is 0 Å². The molecule has 4 unspecified atom stereocenters. The molecule has 4 nitrogen and oxygen atoms in total. The highest BCUT2D eigenvalue weighted by molar-refractivity contribution is 5.49. The van der Waals surface area contributed by atoms with Crippen LogP contribution in [-0.4, -0.2) is 59.2 Å². The van der Waals surface area contributed by atoms with Crippen LogP contribution < -0.4 is 0 Å². The third kappa shape index (κ3) is 1.81. The summed E-state index contributed by atoms with van der Waals surface area (Å²) in [7, 11) is 2.20. The molecule has 5 aliphatic rings. The average molecular weight is 317 g/mol. The van der Waals surface area contributed by atoms with E-state index in [1.165, 1.54) is 11.1 Å². The molecule has 2 aliphatic heterocycles. The summed E-state index contributed by atoms with van der Waals surface area (Å²) < 4.78 is 6.21. The zero-order valence-corrected chi connectivity index (χ0v) is 14.1. The number of ether oxygens (including phenoxy) is 1. The van der Waals surface area contributed by atoms with Crippen molar-refractivity contribution < 1.29 is 14.9 Å². The molecule has 0 aromatic rings. The molecule has 3 aliphatic carbocycles. The van der Waals surface area contributed by atoms with Crippen LogP contribution in [0.15, 0.2) is 35.5 Å². The largest absolute Gasteiger partial charge is 0.386 e. The second kappa shape index (κ2) is 5.28. The van der Waals surface area contributed by atoms with E-state index in [1.54, 1.807) is 0 Å². The molecule has 2 fully saturated rings. The summed E-state index contributed by atoms with van der Waals surface area (Å²) in [6, 6.07) is 0.478. The Hall–Kier alpha value is -0.940. The van der Waals surface area contributed by atoms with Gasteiger partial charge in [-0.25, -0.2) is 0 Å². The van der Waals surface area contributed by atoms with Crippen molar-refractivity contribution in [3.63, 3.8) is 0 Å². The fourth-order valence-electron chi connectivity index (χ4n) is 5.57. The molecule has 4 heteroatoms. The van der Waals surface area contributed by atoms with Crippen LogP contribution in [0.3, 0.4) is 0 Å². The van der Waals surface area contributed by atoms with Gasteiger partial charge in [0.15, 0.2) is 0 Å². The predicted molar refractivity (Wildman–Crippen MR) is 88.9 cm³/mol. The van der Waals surface area contributed by atoms with E-state index in [9.17, 15) is 10.2 Å². The fourth-order valence-corrected chi connectivity index (χ4v) is 5.57. The predicted octanol–water partition coefficient (Wildman–Crippen LogP) is 1.65. The highest BCUT2D eigenvalue weighted by Gasteiger charge is 2.66. The lowest BCUT2D eigenvalue weighted by Gasteiger charge is -2.57. The van der Waals surface area contributed by atoms with Gasteiger partial charge in [-0.2, -0.15) is 0 Å². The Morgan fingerprint density at radius 2 is 1.96 bits per heavy atom. The van der Waals surface area contributed by atoms with Gasteiger partial charge in [0, 0.05) is 17.4 Å². The van der Waals surface area contributed by atoms with Crippen molar-refractivity contribution >= 4 is 0 Å². The van der Waals surface area contributed by atoms with Crippen LogP contribution in [0.25, 0.3) is 0 Å². The molecule has 0 saturated carbocycles. The SMILES string of the molecule is CC.CN1CC[C@]23C4=C5C=C[C@H](O)C4OC2C(O)C=C[C@H]3C1C5. The Bertz CT molecular complexity index is 595. The van der Waals surface area contributed by atoms with Crippen molar-refractivity contribution in [1.29, 1.82) is 0 Å². The van der Waals surface area contributed by atoms with Crippen molar-refractivity contribution in [2.45, 2.75) is 57.1 Å². The van der Waals surface area contributed by atoms with Crippen LogP contribution in [-0.2, 0) is 4.74 Å². The number of nitrogens with zero attached hydrogens (tertiary/aromatic N) is 1. The molecule has 0 radical (unpaired) electrons. The number of allylic oxidation sites excluding steroid dienone is 1. The molecular weight excluding hydrogens is 290 g/mol. The van der Waals surface area contributed by atoms with Gasteiger partial charge in [0.25, 0.3) is 0 Å². The van der Waals surface area contributed by atoms with Crippen molar-refractivity contribution in [2.75, 3.05) is 13.6 Å². The van der Waals surface area contributed by atoms with Gasteiger partial charge in [-0.15, -0.1) is 0 Å². The highest BCUT2D eigenvalue weighted by atomic mass is 16.5. The summed E-state index contributed by atoms with van der Waals surface area (Å²) in [6.07, 6.45) is 8.50. The zero-order valence-electron chi connectivity index (χ0n) is 14.1. The lowest BCUT2D eigenvalue weighted by atomic mass is 9.52. The number of piperidine rings is 1. The molecule has 0 aromatic carbocycles. The third-order valence-electron chi connectivity index (χ3n) is 6.45. The lowest BCUT2D eigenvalue weighted by Crippen LogP contribution is -2.61. The van der Waals surface area contributed by atoms with Crippen LogP contribution in [0.5, 0.6) is 0 Å². The molecule has 0 aromatic heterocycles. The normalized spacial score (nSPS) is 49.6. The second-order valence-corrected chi connectivity index (χ2v) is 7.21. The summed E-state index contributed by atoms with van der Waals surface area (Å²) in [5.74, 6) is 0.395. The molecule has 23 heavy (non-hydrogen) atoms. The number of hydrogen-bond donors (Lipinski definition) is 2. The minimum Gasteiger partial charge on any atom is -0.386 e. The Morgan fingerprint density at radius 3 is 2.74 bits per heavy atom. The molecule has 2 N–H and O–H groups in total. The van der Waals surface area contributed by atoms with Crippen molar-refractivity contribution in [3.8, 4) is 0 Å². The minimum atomic E-state index is -0.576. The average Bonchev–Trinajstić information content (AvgIpc) is 2.92. The van der Waals surface area contributed by atoms with E-state index in [4.69, 9.17) is 4.74 Å². The summed E-state index contributed by atoms with van der Waals surface area (Å²) >= 11 is 0. The van der Waals surface area contributed by atoms with Gasteiger partial charge in [0.05, 0.1) is 12.2 Å². The van der Waals surface area contributed by atoms with Gasteiger partial charge < -0.3 is 19.8 Å². The monoisotopic (exact) mass is 317 g/mol. The standard InChI is InChI=1S/C17H21NO3.C2H6/c1-18-7-6-17-10-3-5-13(20)16(17)21-15-12(19)4-2-9(14(15)17)8-11(10)18;1-2/h2-5,10-13,15-16,19-20H,6-8H2,1H3;1-2H3/t10-,11?,12-,13?,15?,16?,17-;/m0./s1. The third-order valence-corrected chi connectivity index (χ3v) is 6.45. The van der Waals surface area contributed by atoms with E-state index in [-0.39, 0.29) is 17.6 Å². The van der Waals surface area contributed by atoms with Crippen LogP contribution >= 0.6 is 0 Å². The van der Waals surface area contributed by atoms with E-state index in [2.05, 4.69) is 24.1 Å². The van der Waals surface area contributed by atoms with E-state index < -0.39 is 12.2 Å². The van der Waals surface area contributed by atoms with Crippen LogP contribution in [0, 0.1) is 11.3 Å². The van der Waals surface area contributed by atoms with Gasteiger partial charge in [-0.05, 0) is 37.6 Å². The van der Waals surface area contributed by atoms with Gasteiger partial charge in [0.2, 0.25) is 0 Å². The van der Waals surface area contributed by atoms with Crippen LogP contribution in [0.2, 0.25) is 0 Å². The molecule has 7 atom stereocenters. The number of likely N-dealkylation sites (tertiary alicyclic amines) is 1. The Labute approximate surface area is 138 Å². The summed E-state index contributed by atoms with van der Waals surface area (Å²) in [5.41, 5.74) is 2.53. The molecule has 2 saturated heterocycles. The quantitative estimate of drug-likeness (QED) is 0.667. The number of rotatable bonds is 0. The molecule has 2 bridgehead atoms.